The van der Waals surface area contributed by atoms with Crippen molar-refractivity contribution in [2.45, 2.75) is 12.8 Å². The second-order valence-corrected chi connectivity index (χ2v) is 7.27. The van der Waals surface area contributed by atoms with Gasteiger partial charge in [-0.15, -0.1) is 0 Å². The molecule has 2 aliphatic rings. The molecule has 0 radical (unpaired) electrons. The minimum absolute atomic E-state index is 0.0562. The maximum absolute atomic E-state index is 12.7. The van der Waals surface area contributed by atoms with Crippen molar-refractivity contribution in [1.82, 2.24) is 10.2 Å². The van der Waals surface area contributed by atoms with Crippen molar-refractivity contribution in [3.63, 3.8) is 0 Å². The molecule has 0 saturated carbocycles. The highest BCUT2D eigenvalue weighted by atomic mass is 35.5. The second kappa shape index (κ2) is 7.30. The third-order valence-corrected chi connectivity index (χ3v) is 5.35. The van der Waals surface area contributed by atoms with Gasteiger partial charge in [0.2, 0.25) is 11.8 Å². The Morgan fingerprint density at radius 3 is 2.83 bits per heavy atom. The normalized spacial score (nSPS) is 24.0. The number of likely N-dealkylation sites (tertiary alicyclic amines) is 1. The number of halogens is 2. The van der Waals surface area contributed by atoms with Gasteiger partial charge in [-0.1, -0.05) is 23.2 Å². The molecule has 5 nitrogen and oxygen atoms in total. The van der Waals surface area contributed by atoms with E-state index in [1.165, 1.54) is 0 Å². The van der Waals surface area contributed by atoms with Crippen LogP contribution in [0.5, 0.6) is 0 Å². The van der Waals surface area contributed by atoms with E-state index in [9.17, 15) is 9.59 Å². The second-order valence-electron chi connectivity index (χ2n) is 6.42. The lowest BCUT2D eigenvalue weighted by molar-refractivity contribution is -0.139. The molecular weight excluding hydrogens is 349 g/mol. The Hall–Kier alpha value is -1.30. The van der Waals surface area contributed by atoms with Crippen molar-refractivity contribution in [1.29, 1.82) is 0 Å². The van der Waals surface area contributed by atoms with Gasteiger partial charge in [0.1, 0.15) is 5.92 Å². The summed E-state index contributed by atoms with van der Waals surface area (Å²) >= 11 is 12.2. The Balaban J connectivity index is 1.70. The minimum Gasteiger partial charge on any atom is -0.342 e. The molecule has 1 aromatic rings. The summed E-state index contributed by atoms with van der Waals surface area (Å²) in [5, 5.41) is 4.14. The van der Waals surface area contributed by atoms with E-state index in [4.69, 9.17) is 23.2 Å². The molecule has 0 aromatic heterocycles. The van der Waals surface area contributed by atoms with Gasteiger partial charge in [-0.2, -0.15) is 0 Å². The maximum Gasteiger partial charge on any atom is 0.239 e. The van der Waals surface area contributed by atoms with Crippen molar-refractivity contribution in [2.75, 3.05) is 38.1 Å². The summed E-state index contributed by atoms with van der Waals surface area (Å²) in [6.07, 6.45) is 1.50. The average molecular weight is 370 g/mol. The topological polar surface area (TPSA) is 52.7 Å². The van der Waals surface area contributed by atoms with Crippen LogP contribution in [-0.4, -0.2) is 49.9 Å². The molecule has 0 spiro atoms. The Morgan fingerprint density at radius 1 is 1.29 bits per heavy atom. The molecule has 2 heterocycles. The molecule has 24 heavy (non-hydrogen) atoms. The summed E-state index contributed by atoms with van der Waals surface area (Å²) in [5.41, 5.74) is 0.582. The van der Waals surface area contributed by atoms with Gasteiger partial charge in [0.15, 0.2) is 0 Å². The van der Waals surface area contributed by atoms with Crippen LogP contribution in [-0.2, 0) is 9.59 Å². The molecule has 0 bridgehead atoms. The summed E-state index contributed by atoms with van der Waals surface area (Å²) < 4.78 is 0. The van der Waals surface area contributed by atoms with Crippen molar-refractivity contribution in [2.24, 2.45) is 11.8 Å². The zero-order valence-corrected chi connectivity index (χ0v) is 15.1. The first-order valence-corrected chi connectivity index (χ1v) is 8.96. The highest BCUT2D eigenvalue weighted by Gasteiger charge is 2.41. The third-order valence-electron chi connectivity index (χ3n) is 4.79. The molecule has 130 valence electrons. The first-order chi connectivity index (χ1) is 11.5. The smallest absolute Gasteiger partial charge is 0.239 e. The molecule has 2 saturated heterocycles. The number of carbonyl (C=O) groups is 2. The van der Waals surface area contributed by atoms with E-state index in [-0.39, 0.29) is 11.8 Å². The molecule has 7 heteroatoms. The van der Waals surface area contributed by atoms with Crippen molar-refractivity contribution < 1.29 is 9.59 Å². The first-order valence-electron chi connectivity index (χ1n) is 8.21. The van der Waals surface area contributed by atoms with Crippen molar-refractivity contribution >= 4 is 40.7 Å². The quantitative estimate of drug-likeness (QED) is 0.829. The predicted octanol–water partition coefficient (Wildman–Crippen LogP) is 2.41. The van der Waals surface area contributed by atoms with Crippen LogP contribution in [0.4, 0.5) is 5.69 Å². The Morgan fingerprint density at radius 2 is 2.08 bits per heavy atom. The molecule has 3 rings (SSSR count). The van der Waals surface area contributed by atoms with Crippen LogP contribution in [0.15, 0.2) is 18.2 Å². The fraction of sp³-hybridized carbons (Fsp3) is 0.529. The van der Waals surface area contributed by atoms with E-state index < -0.39 is 5.92 Å². The van der Waals surface area contributed by atoms with Crippen LogP contribution in [0.25, 0.3) is 0 Å². The third kappa shape index (κ3) is 3.39. The Labute approximate surface area is 151 Å². The summed E-state index contributed by atoms with van der Waals surface area (Å²) in [7, 11) is 1.91. The number of nitrogens with one attached hydrogen (secondary N) is 1. The number of amides is 2. The van der Waals surface area contributed by atoms with Crippen molar-refractivity contribution in [3.8, 4) is 0 Å². The van der Waals surface area contributed by atoms with Gasteiger partial charge in [-0.25, -0.2) is 0 Å². The summed E-state index contributed by atoms with van der Waals surface area (Å²) in [5.74, 6) is -0.372. The van der Waals surface area contributed by atoms with Crippen molar-refractivity contribution in [3.05, 3.63) is 28.2 Å². The largest absolute Gasteiger partial charge is 0.342 e. The van der Waals surface area contributed by atoms with Gasteiger partial charge in [0.05, 0.1) is 10.7 Å². The van der Waals surface area contributed by atoms with Gasteiger partial charge in [0.25, 0.3) is 0 Å². The van der Waals surface area contributed by atoms with Gasteiger partial charge in [0, 0.05) is 24.7 Å². The van der Waals surface area contributed by atoms with Gasteiger partial charge >= 0.3 is 0 Å². The lowest BCUT2D eigenvalue weighted by atomic mass is 10.1. The van der Waals surface area contributed by atoms with Crippen LogP contribution in [0.2, 0.25) is 10.0 Å². The molecule has 1 aromatic carbocycles. The summed E-state index contributed by atoms with van der Waals surface area (Å²) in [4.78, 5) is 28.9. The molecule has 1 N–H and O–H groups in total. The molecule has 2 amide bonds. The number of carbonyl (C=O) groups excluding carboxylic acids is 2. The number of nitrogens with zero attached hydrogens (tertiary/aromatic N) is 2. The molecule has 2 atom stereocenters. The van der Waals surface area contributed by atoms with Gasteiger partial charge < -0.3 is 15.1 Å². The fourth-order valence-electron chi connectivity index (χ4n) is 3.55. The molecular formula is C17H21Cl2N3O2. The van der Waals surface area contributed by atoms with E-state index in [0.717, 1.165) is 26.1 Å². The van der Waals surface area contributed by atoms with E-state index in [0.29, 0.717) is 34.6 Å². The lowest BCUT2D eigenvalue weighted by Gasteiger charge is -2.21. The Kier molecular flexibility index (Phi) is 5.33. The number of anilines is 1. The minimum atomic E-state index is -0.603. The molecule has 2 unspecified atom stereocenters. The predicted molar refractivity (Wildman–Crippen MR) is 95.5 cm³/mol. The SMILES string of the molecule is CNCC1CCN(C(=O)C2CCN(c3cc(Cl)ccc3Cl)C2=O)C1. The monoisotopic (exact) mass is 369 g/mol. The van der Waals surface area contributed by atoms with Crippen LogP contribution in [0.1, 0.15) is 12.8 Å². The maximum atomic E-state index is 12.7. The molecule has 2 fully saturated rings. The zero-order chi connectivity index (χ0) is 17.3. The number of hydrogen-bond acceptors (Lipinski definition) is 3. The number of hydrogen-bond donors (Lipinski definition) is 1. The highest BCUT2D eigenvalue weighted by molar-refractivity contribution is 6.36. The van der Waals surface area contributed by atoms with Gasteiger partial charge in [-0.3, -0.25) is 9.59 Å². The Bertz CT molecular complexity index is 653. The highest BCUT2D eigenvalue weighted by Crippen LogP contribution is 2.34. The van der Waals surface area contributed by atoms with Crippen LogP contribution in [0.3, 0.4) is 0 Å². The van der Waals surface area contributed by atoms with Crippen LogP contribution < -0.4 is 10.2 Å². The number of benzene rings is 1. The fourth-order valence-corrected chi connectivity index (χ4v) is 3.94. The number of rotatable bonds is 4. The van der Waals surface area contributed by atoms with E-state index in [1.807, 2.05) is 11.9 Å². The van der Waals surface area contributed by atoms with E-state index >= 15 is 0 Å². The molecule has 2 aliphatic heterocycles. The molecule has 0 aliphatic carbocycles. The van der Waals surface area contributed by atoms with Gasteiger partial charge in [-0.05, 0) is 50.6 Å². The lowest BCUT2D eigenvalue weighted by Crippen LogP contribution is -2.39. The standard InChI is InChI=1S/C17H21Cl2N3O2/c1-20-9-11-4-6-21(10-11)16(23)13-5-7-22(17(13)24)15-8-12(18)2-3-14(15)19/h2-3,8,11,13,20H,4-7,9-10H2,1H3. The average Bonchev–Trinajstić information content (AvgIpc) is 3.17. The first kappa shape index (κ1) is 17.5. The zero-order valence-electron chi connectivity index (χ0n) is 13.6. The van der Waals surface area contributed by atoms with E-state index in [1.54, 1.807) is 23.1 Å². The van der Waals surface area contributed by atoms with Crippen LogP contribution >= 0.6 is 23.2 Å². The summed E-state index contributed by atoms with van der Waals surface area (Å²) in [6, 6.07) is 5.03. The summed E-state index contributed by atoms with van der Waals surface area (Å²) in [6.45, 7) is 2.84. The van der Waals surface area contributed by atoms with E-state index in [2.05, 4.69) is 5.32 Å². The van der Waals surface area contributed by atoms with Crippen LogP contribution in [0, 0.1) is 11.8 Å².